The molecule has 96 valence electrons. The summed E-state index contributed by atoms with van der Waals surface area (Å²) in [5.41, 5.74) is 7.80. The number of benzene rings is 2. The van der Waals surface area contributed by atoms with E-state index in [1.807, 2.05) is 24.3 Å². The smallest absolute Gasteiger partial charge is 0.204 e. The molecule has 3 rings (SSSR count). The number of nitrogens with two attached hydrogens (primary N) is 1. The van der Waals surface area contributed by atoms with Crippen LogP contribution in [-0.2, 0) is 9.84 Å². The molecule has 0 radical (unpaired) electrons. The lowest BCUT2D eigenvalue weighted by atomic mass is 10.1. The quantitative estimate of drug-likeness (QED) is 0.913. The van der Waals surface area contributed by atoms with E-state index in [4.69, 9.17) is 5.73 Å². The highest BCUT2D eigenvalue weighted by atomic mass is 32.2. The number of hydrogen-bond donors (Lipinski definition) is 1. The molecule has 0 aliphatic heterocycles. The van der Waals surface area contributed by atoms with Crippen LogP contribution in [0, 0.1) is 0 Å². The van der Waals surface area contributed by atoms with Crippen LogP contribution in [-0.4, -0.2) is 8.42 Å². The summed E-state index contributed by atoms with van der Waals surface area (Å²) in [4.78, 5) is 0.546. The van der Waals surface area contributed by atoms with Gasteiger partial charge in [0.1, 0.15) is 0 Å². The maximum Gasteiger partial charge on any atom is 0.204 e. The molecule has 3 nitrogen and oxygen atoms in total. The zero-order valence-electron chi connectivity index (χ0n) is 10.2. The number of hydrogen-bond acceptors (Lipinski definition) is 3. The molecule has 0 aromatic heterocycles. The third kappa shape index (κ3) is 1.89. The minimum absolute atomic E-state index is 0.264. The van der Waals surface area contributed by atoms with Gasteiger partial charge >= 0.3 is 0 Å². The largest absolute Gasteiger partial charge is 0.320 e. The van der Waals surface area contributed by atoms with Gasteiger partial charge in [0.05, 0.1) is 15.8 Å². The first-order chi connectivity index (χ1) is 9.10. The highest BCUT2D eigenvalue weighted by Gasteiger charge is 2.31. The van der Waals surface area contributed by atoms with Crippen molar-refractivity contribution >= 4 is 15.9 Å². The third-order valence-electron chi connectivity index (χ3n) is 3.30. The minimum atomic E-state index is -3.52. The maximum atomic E-state index is 12.6. The van der Waals surface area contributed by atoms with E-state index in [0.29, 0.717) is 0 Å². The van der Waals surface area contributed by atoms with Crippen molar-refractivity contribution in [1.29, 1.82) is 0 Å². The van der Waals surface area contributed by atoms with Gasteiger partial charge in [-0.05, 0) is 29.3 Å². The summed E-state index contributed by atoms with van der Waals surface area (Å²) in [5, 5.41) is 0. The van der Waals surface area contributed by atoms with Crippen LogP contribution in [0.2, 0.25) is 0 Å². The fraction of sp³-hybridized carbons (Fsp3) is 0.0667. The first kappa shape index (κ1) is 12.1. The molecule has 19 heavy (non-hydrogen) atoms. The molecule has 0 fully saturated rings. The SMILES string of the molecule is NC1C(S(=O)(=O)c2ccccc2)=Cc2ccccc21. The van der Waals surface area contributed by atoms with Gasteiger partial charge in [0, 0.05) is 0 Å². The predicted molar refractivity (Wildman–Crippen MR) is 75.0 cm³/mol. The molecule has 0 saturated carbocycles. The van der Waals surface area contributed by atoms with E-state index >= 15 is 0 Å². The van der Waals surface area contributed by atoms with Crippen molar-refractivity contribution in [2.24, 2.45) is 5.73 Å². The van der Waals surface area contributed by atoms with E-state index in [2.05, 4.69) is 0 Å². The normalized spacial score (nSPS) is 17.9. The van der Waals surface area contributed by atoms with E-state index < -0.39 is 15.9 Å². The molecule has 2 aromatic carbocycles. The summed E-state index contributed by atoms with van der Waals surface area (Å²) in [6.45, 7) is 0. The molecule has 1 aliphatic carbocycles. The molecule has 0 amide bonds. The lowest BCUT2D eigenvalue weighted by Gasteiger charge is -2.12. The molecular weight excluding hydrogens is 258 g/mol. The molecule has 2 N–H and O–H groups in total. The fourth-order valence-corrected chi connectivity index (χ4v) is 3.83. The Hall–Kier alpha value is -1.91. The Labute approximate surface area is 112 Å². The summed E-state index contributed by atoms with van der Waals surface area (Å²) < 4.78 is 25.1. The minimum Gasteiger partial charge on any atom is -0.320 e. The Morgan fingerprint density at radius 3 is 2.21 bits per heavy atom. The standard InChI is InChI=1S/C15H13NO2S/c16-15-13-9-5-4-6-11(13)10-14(15)19(17,18)12-7-2-1-3-8-12/h1-10,15H,16H2. The van der Waals surface area contributed by atoms with Crippen LogP contribution in [0.3, 0.4) is 0 Å². The monoisotopic (exact) mass is 271 g/mol. The first-order valence-corrected chi connectivity index (χ1v) is 7.45. The second-order valence-corrected chi connectivity index (χ2v) is 6.42. The van der Waals surface area contributed by atoms with Gasteiger partial charge in [-0.1, -0.05) is 42.5 Å². The highest BCUT2D eigenvalue weighted by molar-refractivity contribution is 7.95. The average molecular weight is 271 g/mol. The van der Waals surface area contributed by atoms with Crippen LogP contribution in [0.1, 0.15) is 17.2 Å². The Bertz CT molecular complexity index is 749. The summed E-state index contributed by atoms with van der Waals surface area (Å²) in [6, 6.07) is 15.3. The molecule has 0 spiro atoms. The topological polar surface area (TPSA) is 60.2 Å². The van der Waals surface area contributed by atoms with Gasteiger partial charge in [0.2, 0.25) is 9.84 Å². The summed E-state index contributed by atoms with van der Waals surface area (Å²) >= 11 is 0. The van der Waals surface area contributed by atoms with E-state index in [0.717, 1.165) is 11.1 Å². The van der Waals surface area contributed by atoms with E-state index in [1.54, 1.807) is 36.4 Å². The van der Waals surface area contributed by atoms with Crippen LogP contribution in [0.4, 0.5) is 0 Å². The molecule has 1 unspecified atom stereocenters. The van der Waals surface area contributed by atoms with E-state index in [-0.39, 0.29) is 9.80 Å². The lowest BCUT2D eigenvalue weighted by molar-refractivity contribution is 0.599. The Morgan fingerprint density at radius 2 is 1.53 bits per heavy atom. The summed E-state index contributed by atoms with van der Waals surface area (Å²) in [5.74, 6) is 0. The summed E-state index contributed by atoms with van der Waals surface area (Å²) in [6.07, 6.45) is 1.67. The van der Waals surface area contributed by atoms with Crippen LogP contribution >= 0.6 is 0 Å². The van der Waals surface area contributed by atoms with Gasteiger partial charge < -0.3 is 5.73 Å². The van der Waals surface area contributed by atoms with Crippen LogP contribution in [0.5, 0.6) is 0 Å². The molecule has 0 saturated heterocycles. The second-order valence-electron chi connectivity index (χ2n) is 4.47. The van der Waals surface area contributed by atoms with Gasteiger partial charge in [0.25, 0.3) is 0 Å². The third-order valence-corrected chi connectivity index (χ3v) is 5.18. The van der Waals surface area contributed by atoms with Crippen LogP contribution in [0.15, 0.2) is 64.4 Å². The van der Waals surface area contributed by atoms with Gasteiger partial charge in [-0.2, -0.15) is 0 Å². The lowest BCUT2D eigenvalue weighted by Crippen LogP contribution is -2.17. The maximum absolute atomic E-state index is 12.6. The Balaban J connectivity index is 2.11. The predicted octanol–water partition coefficient (Wildman–Crippen LogP) is 2.51. The average Bonchev–Trinajstić information content (AvgIpc) is 2.78. The van der Waals surface area contributed by atoms with Crippen molar-refractivity contribution in [3.8, 4) is 0 Å². The molecule has 0 heterocycles. The Morgan fingerprint density at radius 1 is 0.895 bits per heavy atom. The van der Waals surface area contributed by atoms with Crippen molar-refractivity contribution in [2.75, 3.05) is 0 Å². The molecule has 4 heteroatoms. The molecule has 1 atom stereocenters. The van der Waals surface area contributed by atoms with Gasteiger partial charge in [0.15, 0.2) is 0 Å². The Kier molecular flexibility index (Phi) is 2.77. The number of fused-ring (bicyclic) bond motifs is 1. The second kappa shape index (κ2) is 4.33. The van der Waals surface area contributed by atoms with Crippen molar-refractivity contribution in [3.05, 3.63) is 70.6 Å². The van der Waals surface area contributed by atoms with Gasteiger partial charge in [-0.25, -0.2) is 8.42 Å². The fourth-order valence-electron chi connectivity index (χ4n) is 2.30. The zero-order valence-corrected chi connectivity index (χ0v) is 11.0. The van der Waals surface area contributed by atoms with Crippen molar-refractivity contribution in [3.63, 3.8) is 0 Å². The highest BCUT2D eigenvalue weighted by Crippen LogP contribution is 2.37. The zero-order chi connectivity index (χ0) is 13.5. The molecular formula is C15H13NO2S. The van der Waals surface area contributed by atoms with Crippen molar-refractivity contribution in [2.45, 2.75) is 10.9 Å². The van der Waals surface area contributed by atoms with Crippen LogP contribution in [0.25, 0.3) is 6.08 Å². The first-order valence-electron chi connectivity index (χ1n) is 5.97. The van der Waals surface area contributed by atoms with Gasteiger partial charge in [-0.15, -0.1) is 0 Å². The van der Waals surface area contributed by atoms with Crippen molar-refractivity contribution < 1.29 is 8.42 Å². The number of sulfone groups is 1. The van der Waals surface area contributed by atoms with Crippen LogP contribution < -0.4 is 5.73 Å². The van der Waals surface area contributed by atoms with E-state index in [9.17, 15) is 8.42 Å². The van der Waals surface area contributed by atoms with E-state index in [1.165, 1.54) is 0 Å². The van der Waals surface area contributed by atoms with Crippen molar-refractivity contribution in [1.82, 2.24) is 0 Å². The summed E-state index contributed by atoms with van der Waals surface area (Å²) in [7, 11) is -3.52. The molecule has 1 aliphatic rings. The molecule has 2 aromatic rings. The molecule has 0 bridgehead atoms. The van der Waals surface area contributed by atoms with Gasteiger partial charge in [-0.3, -0.25) is 0 Å². The number of rotatable bonds is 2.